The second-order valence-electron chi connectivity index (χ2n) is 9.84. The number of piperidine rings is 1. The topological polar surface area (TPSA) is 50.6 Å². The van der Waals surface area contributed by atoms with Crippen molar-refractivity contribution >= 4 is 11.9 Å². The average Bonchev–Trinajstić information content (AvgIpc) is 3.37. The summed E-state index contributed by atoms with van der Waals surface area (Å²) in [6.45, 7) is 3.61. The van der Waals surface area contributed by atoms with Gasteiger partial charge in [-0.15, -0.1) is 0 Å². The van der Waals surface area contributed by atoms with Gasteiger partial charge in [-0.2, -0.15) is 0 Å². The van der Waals surface area contributed by atoms with E-state index < -0.39 is 0 Å². The maximum Gasteiger partial charge on any atom is 0.254 e. The van der Waals surface area contributed by atoms with E-state index >= 15 is 0 Å². The zero-order valence-electron chi connectivity index (χ0n) is 20.9. The van der Waals surface area contributed by atoms with Gasteiger partial charge in [0.1, 0.15) is 18.2 Å². The van der Waals surface area contributed by atoms with Crippen molar-refractivity contribution in [2.75, 3.05) is 45.2 Å². The van der Waals surface area contributed by atoms with Crippen molar-refractivity contribution < 1.29 is 4.74 Å². The Kier molecular flexibility index (Phi) is 6.73. The van der Waals surface area contributed by atoms with Gasteiger partial charge in [0.15, 0.2) is 0 Å². The highest BCUT2D eigenvalue weighted by atomic mass is 16.5. The number of aromatic nitrogens is 2. The van der Waals surface area contributed by atoms with Crippen LogP contribution in [0.25, 0.3) is 17.2 Å². The van der Waals surface area contributed by atoms with E-state index in [-0.39, 0.29) is 5.56 Å². The second kappa shape index (κ2) is 10.1. The summed E-state index contributed by atoms with van der Waals surface area (Å²) in [5.74, 6) is 2.53. The predicted octanol–water partition coefficient (Wildman–Crippen LogP) is 4.34. The summed E-state index contributed by atoms with van der Waals surface area (Å²) < 4.78 is 7.52. The van der Waals surface area contributed by atoms with Crippen LogP contribution in [-0.4, -0.2) is 54.8 Å². The molecule has 0 saturated carbocycles. The number of fused-ring (bicyclic) bond motifs is 1. The van der Waals surface area contributed by atoms with Gasteiger partial charge in [-0.25, -0.2) is 4.98 Å². The van der Waals surface area contributed by atoms with Crippen molar-refractivity contribution in [1.29, 1.82) is 0 Å². The number of aryl methyl sites for hydroxylation is 1. The quantitative estimate of drug-likeness (QED) is 0.514. The number of anilines is 1. The molecule has 1 aromatic carbocycles. The molecule has 0 N–H and O–H groups in total. The molecule has 35 heavy (non-hydrogen) atoms. The van der Waals surface area contributed by atoms with Crippen molar-refractivity contribution in [2.45, 2.75) is 25.2 Å². The Balaban J connectivity index is 1.21. The first-order valence-electron chi connectivity index (χ1n) is 12.5. The molecule has 3 aromatic rings. The molecule has 6 heteroatoms. The van der Waals surface area contributed by atoms with Crippen molar-refractivity contribution in [2.24, 2.45) is 7.05 Å². The third-order valence-corrected chi connectivity index (χ3v) is 7.16. The fraction of sp³-hybridized carbons (Fsp3) is 0.379. The molecule has 1 aliphatic heterocycles. The Labute approximate surface area is 207 Å². The SMILES string of the molecule is CN(C)CCOc1ccc(C2CCN(c3ccc(-c4cn(C)c(=O)c5c4C=CC5)cn3)CC2)cc1. The van der Waals surface area contributed by atoms with Gasteiger partial charge < -0.3 is 19.1 Å². The number of benzene rings is 1. The molecule has 1 saturated heterocycles. The standard InChI is InChI=1S/C29H34N4O2/c1-31(2)17-18-35-24-10-7-21(8-11-24)22-13-15-33(16-14-22)28-12-9-23(19-30-28)27-20-32(3)29(34)26-6-4-5-25(26)27/h4-5,7-12,19-20,22H,6,13-18H2,1-3H3. The maximum atomic E-state index is 12.4. The van der Waals surface area contributed by atoms with E-state index in [2.05, 4.69) is 72.4 Å². The molecule has 1 aliphatic carbocycles. The largest absolute Gasteiger partial charge is 0.492 e. The average molecular weight is 471 g/mol. The van der Waals surface area contributed by atoms with Gasteiger partial charge in [0.25, 0.3) is 5.56 Å². The molecule has 182 valence electrons. The van der Waals surface area contributed by atoms with Crippen LogP contribution in [0.15, 0.2) is 59.7 Å². The fourth-order valence-corrected chi connectivity index (χ4v) is 5.08. The Morgan fingerprint density at radius 2 is 1.86 bits per heavy atom. The zero-order chi connectivity index (χ0) is 24.4. The van der Waals surface area contributed by atoms with Gasteiger partial charge in [0, 0.05) is 55.8 Å². The Morgan fingerprint density at radius 1 is 1.09 bits per heavy atom. The molecule has 0 radical (unpaired) electrons. The van der Waals surface area contributed by atoms with E-state index in [9.17, 15) is 4.79 Å². The van der Waals surface area contributed by atoms with Gasteiger partial charge in [-0.05, 0) is 74.7 Å². The number of nitrogens with zero attached hydrogens (tertiary/aromatic N) is 4. The molecule has 1 fully saturated rings. The highest BCUT2D eigenvalue weighted by molar-refractivity contribution is 5.78. The summed E-state index contributed by atoms with van der Waals surface area (Å²) >= 11 is 0. The second-order valence-corrected chi connectivity index (χ2v) is 9.84. The van der Waals surface area contributed by atoms with Crippen LogP contribution in [0.4, 0.5) is 5.82 Å². The smallest absolute Gasteiger partial charge is 0.254 e. The van der Waals surface area contributed by atoms with Crippen LogP contribution >= 0.6 is 0 Å². The molecule has 2 aliphatic rings. The van der Waals surface area contributed by atoms with Gasteiger partial charge in [-0.3, -0.25) is 4.79 Å². The van der Waals surface area contributed by atoms with Crippen molar-refractivity contribution in [3.8, 4) is 16.9 Å². The lowest BCUT2D eigenvalue weighted by Gasteiger charge is -2.33. The van der Waals surface area contributed by atoms with Crippen molar-refractivity contribution in [1.82, 2.24) is 14.5 Å². The number of likely N-dealkylation sites (N-methyl/N-ethyl adjacent to an activating group) is 1. The monoisotopic (exact) mass is 470 g/mol. The summed E-state index contributed by atoms with van der Waals surface area (Å²) in [6.07, 6.45) is 10.9. The van der Waals surface area contributed by atoms with Crippen LogP contribution in [0.3, 0.4) is 0 Å². The van der Waals surface area contributed by atoms with Gasteiger partial charge in [0.05, 0.1) is 0 Å². The summed E-state index contributed by atoms with van der Waals surface area (Å²) in [4.78, 5) is 21.7. The fourth-order valence-electron chi connectivity index (χ4n) is 5.08. The molecule has 0 unspecified atom stereocenters. The van der Waals surface area contributed by atoms with Gasteiger partial charge in [0.2, 0.25) is 0 Å². The van der Waals surface area contributed by atoms with E-state index in [1.54, 1.807) is 4.57 Å². The van der Waals surface area contributed by atoms with E-state index in [1.807, 2.05) is 19.4 Å². The molecule has 5 rings (SSSR count). The van der Waals surface area contributed by atoms with Crippen LogP contribution in [-0.2, 0) is 13.5 Å². The maximum absolute atomic E-state index is 12.4. The Hall–Kier alpha value is -3.38. The highest BCUT2D eigenvalue weighted by Gasteiger charge is 2.22. The van der Waals surface area contributed by atoms with Crippen LogP contribution in [0, 0.1) is 0 Å². The lowest BCUT2D eigenvalue weighted by molar-refractivity contribution is 0.261. The molecule has 0 bridgehead atoms. The number of rotatable bonds is 7. The third-order valence-electron chi connectivity index (χ3n) is 7.16. The van der Waals surface area contributed by atoms with Gasteiger partial charge in [-0.1, -0.05) is 24.3 Å². The normalized spacial score (nSPS) is 15.6. The molecule has 3 heterocycles. The lowest BCUT2D eigenvalue weighted by atomic mass is 9.89. The predicted molar refractivity (Wildman–Crippen MR) is 142 cm³/mol. The summed E-state index contributed by atoms with van der Waals surface area (Å²) in [5, 5.41) is 0. The molecule has 0 atom stereocenters. The van der Waals surface area contributed by atoms with E-state index in [0.717, 1.165) is 66.3 Å². The van der Waals surface area contributed by atoms with Crippen molar-refractivity contribution in [3.63, 3.8) is 0 Å². The summed E-state index contributed by atoms with van der Waals surface area (Å²) in [5.41, 5.74) is 5.52. The summed E-state index contributed by atoms with van der Waals surface area (Å²) in [6, 6.07) is 12.9. The minimum atomic E-state index is 0.0905. The zero-order valence-corrected chi connectivity index (χ0v) is 20.9. The van der Waals surface area contributed by atoms with E-state index in [4.69, 9.17) is 9.72 Å². The Morgan fingerprint density at radius 3 is 2.54 bits per heavy atom. The molecule has 2 aromatic heterocycles. The first-order chi connectivity index (χ1) is 17.0. The van der Waals surface area contributed by atoms with Crippen LogP contribution < -0.4 is 15.2 Å². The van der Waals surface area contributed by atoms with Gasteiger partial charge >= 0.3 is 0 Å². The number of hydrogen-bond donors (Lipinski definition) is 0. The lowest BCUT2D eigenvalue weighted by Crippen LogP contribution is -2.33. The Bertz CT molecular complexity index is 1250. The third kappa shape index (κ3) is 5.03. The first-order valence-corrected chi connectivity index (χ1v) is 12.5. The van der Waals surface area contributed by atoms with Crippen LogP contribution in [0.2, 0.25) is 0 Å². The number of allylic oxidation sites excluding steroid dienone is 1. The molecular weight excluding hydrogens is 436 g/mol. The molecule has 6 nitrogen and oxygen atoms in total. The van der Waals surface area contributed by atoms with E-state index in [1.165, 1.54) is 5.56 Å². The van der Waals surface area contributed by atoms with Crippen LogP contribution in [0.1, 0.15) is 35.4 Å². The molecular formula is C29H34N4O2. The molecule has 0 spiro atoms. The number of hydrogen-bond acceptors (Lipinski definition) is 5. The minimum Gasteiger partial charge on any atom is -0.492 e. The molecule has 0 amide bonds. The van der Waals surface area contributed by atoms with E-state index in [0.29, 0.717) is 18.9 Å². The first kappa shape index (κ1) is 23.4. The number of ether oxygens (including phenoxy) is 1. The van der Waals surface area contributed by atoms with Crippen LogP contribution in [0.5, 0.6) is 5.75 Å². The highest BCUT2D eigenvalue weighted by Crippen LogP contribution is 2.33. The van der Waals surface area contributed by atoms with Crippen molar-refractivity contribution in [3.05, 3.63) is 81.9 Å². The summed E-state index contributed by atoms with van der Waals surface area (Å²) in [7, 11) is 5.93. The number of pyridine rings is 2. The minimum absolute atomic E-state index is 0.0905.